The van der Waals surface area contributed by atoms with Crippen molar-refractivity contribution in [2.24, 2.45) is 7.05 Å². The zero-order chi connectivity index (χ0) is 19.0. The van der Waals surface area contributed by atoms with Crippen LogP contribution in [0.4, 0.5) is 13.9 Å². The van der Waals surface area contributed by atoms with E-state index >= 15 is 0 Å². The van der Waals surface area contributed by atoms with E-state index in [1.165, 1.54) is 28.3 Å². The van der Waals surface area contributed by atoms with Crippen LogP contribution < -0.4 is 5.32 Å². The number of nitrogens with zero attached hydrogens (tertiary/aromatic N) is 4. The van der Waals surface area contributed by atoms with Crippen LogP contribution in [0, 0.1) is 0 Å². The monoisotopic (exact) mass is 385 g/mol. The molecule has 0 bridgehead atoms. The highest BCUT2D eigenvalue weighted by atomic mass is 32.1. The van der Waals surface area contributed by atoms with Crippen LogP contribution in [0.5, 0.6) is 0 Å². The molecule has 9 heteroatoms. The number of thiazole rings is 1. The molecular formula is C18H13F2N5OS. The summed E-state index contributed by atoms with van der Waals surface area (Å²) in [5.41, 5.74) is 1.72. The highest BCUT2D eigenvalue weighted by molar-refractivity contribution is 7.22. The van der Waals surface area contributed by atoms with Gasteiger partial charge in [-0.15, -0.1) is 0 Å². The number of aromatic nitrogens is 4. The first-order valence-corrected chi connectivity index (χ1v) is 8.79. The predicted octanol–water partition coefficient (Wildman–Crippen LogP) is 4.28. The number of nitrogens with one attached hydrogen (secondary N) is 1. The number of amides is 1. The number of halogens is 2. The highest BCUT2D eigenvalue weighted by Gasteiger charge is 2.17. The Kier molecular flexibility index (Phi) is 4.36. The van der Waals surface area contributed by atoms with E-state index in [-0.39, 0.29) is 11.5 Å². The molecule has 27 heavy (non-hydrogen) atoms. The van der Waals surface area contributed by atoms with E-state index < -0.39 is 6.43 Å². The second-order valence-corrected chi connectivity index (χ2v) is 6.70. The van der Waals surface area contributed by atoms with Crippen LogP contribution in [0.2, 0.25) is 0 Å². The normalized spacial score (nSPS) is 11.3. The molecule has 136 valence electrons. The van der Waals surface area contributed by atoms with Gasteiger partial charge in [-0.05, 0) is 18.2 Å². The van der Waals surface area contributed by atoms with Crippen molar-refractivity contribution in [3.63, 3.8) is 0 Å². The molecule has 6 nitrogen and oxygen atoms in total. The fraction of sp³-hybridized carbons (Fsp3) is 0.111. The Morgan fingerprint density at radius 2 is 1.96 bits per heavy atom. The van der Waals surface area contributed by atoms with Crippen LogP contribution >= 0.6 is 11.3 Å². The van der Waals surface area contributed by atoms with Crippen LogP contribution in [0.15, 0.2) is 48.7 Å². The van der Waals surface area contributed by atoms with Crippen molar-refractivity contribution in [2.45, 2.75) is 6.43 Å². The lowest BCUT2D eigenvalue weighted by molar-refractivity contribution is 0.101. The van der Waals surface area contributed by atoms with E-state index in [0.29, 0.717) is 32.4 Å². The van der Waals surface area contributed by atoms with Crippen molar-refractivity contribution in [1.82, 2.24) is 19.7 Å². The lowest BCUT2D eigenvalue weighted by atomic mass is 10.0. The molecule has 0 saturated heterocycles. The first kappa shape index (κ1) is 17.2. The third-order valence-corrected chi connectivity index (χ3v) is 4.88. The Morgan fingerprint density at radius 3 is 2.70 bits per heavy atom. The third-order valence-electron chi connectivity index (χ3n) is 4.00. The number of pyridine rings is 1. The summed E-state index contributed by atoms with van der Waals surface area (Å²) in [5.74, 6) is -0.336. The summed E-state index contributed by atoms with van der Waals surface area (Å²) >= 11 is 1.18. The van der Waals surface area contributed by atoms with Crippen molar-refractivity contribution >= 4 is 32.7 Å². The molecule has 0 atom stereocenters. The number of aryl methyl sites for hydroxylation is 1. The second kappa shape index (κ2) is 6.84. The van der Waals surface area contributed by atoms with Crippen LogP contribution in [0.1, 0.15) is 22.5 Å². The number of hydrogen-bond acceptors (Lipinski definition) is 5. The predicted molar refractivity (Wildman–Crippen MR) is 99.0 cm³/mol. The molecule has 3 heterocycles. The Balaban J connectivity index is 1.67. The fourth-order valence-electron chi connectivity index (χ4n) is 2.70. The van der Waals surface area contributed by atoms with Crippen molar-refractivity contribution in [3.05, 3.63) is 59.9 Å². The summed E-state index contributed by atoms with van der Waals surface area (Å²) in [6, 6.07) is 11.2. The van der Waals surface area contributed by atoms with Gasteiger partial charge in [-0.3, -0.25) is 14.8 Å². The summed E-state index contributed by atoms with van der Waals surface area (Å²) in [5, 5.41) is 7.04. The van der Waals surface area contributed by atoms with Crippen LogP contribution in [0.25, 0.3) is 21.6 Å². The minimum atomic E-state index is -2.59. The van der Waals surface area contributed by atoms with E-state index in [1.54, 1.807) is 43.4 Å². The van der Waals surface area contributed by atoms with Gasteiger partial charge in [0.1, 0.15) is 16.0 Å². The number of anilines is 1. The molecule has 0 unspecified atom stereocenters. The molecule has 4 aromatic rings. The van der Waals surface area contributed by atoms with E-state index in [9.17, 15) is 13.6 Å². The van der Waals surface area contributed by atoms with E-state index in [1.807, 2.05) is 0 Å². The molecule has 1 aromatic carbocycles. The molecule has 0 saturated carbocycles. The molecule has 0 aliphatic carbocycles. The van der Waals surface area contributed by atoms with Crippen LogP contribution in [-0.4, -0.2) is 25.7 Å². The third kappa shape index (κ3) is 3.28. The summed E-state index contributed by atoms with van der Waals surface area (Å²) in [6.45, 7) is 0. The number of hydrogen-bond donors (Lipinski definition) is 1. The molecule has 1 amide bonds. The minimum Gasteiger partial charge on any atom is -0.296 e. The van der Waals surface area contributed by atoms with Crippen molar-refractivity contribution in [1.29, 1.82) is 0 Å². The van der Waals surface area contributed by atoms with Gasteiger partial charge in [0.15, 0.2) is 5.13 Å². The van der Waals surface area contributed by atoms with Gasteiger partial charge in [-0.1, -0.05) is 35.6 Å². The molecule has 0 fully saturated rings. The summed E-state index contributed by atoms with van der Waals surface area (Å²) < 4.78 is 28.0. The van der Waals surface area contributed by atoms with Gasteiger partial charge in [0.25, 0.3) is 12.3 Å². The maximum Gasteiger partial charge on any atom is 0.275 e. The van der Waals surface area contributed by atoms with Gasteiger partial charge < -0.3 is 0 Å². The van der Waals surface area contributed by atoms with Gasteiger partial charge in [0.2, 0.25) is 0 Å². The van der Waals surface area contributed by atoms with Gasteiger partial charge in [0, 0.05) is 24.4 Å². The number of rotatable bonds is 4. The van der Waals surface area contributed by atoms with E-state index in [4.69, 9.17) is 0 Å². The van der Waals surface area contributed by atoms with E-state index in [0.717, 1.165) is 0 Å². The van der Waals surface area contributed by atoms with Gasteiger partial charge in [-0.2, -0.15) is 5.10 Å². The smallest absolute Gasteiger partial charge is 0.275 e. The molecular weight excluding hydrogens is 372 g/mol. The molecule has 0 aliphatic rings. The number of fused-ring (bicyclic) bond motifs is 1. The van der Waals surface area contributed by atoms with Crippen molar-refractivity contribution < 1.29 is 13.6 Å². The van der Waals surface area contributed by atoms with Crippen LogP contribution in [0.3, 0.4) is 0 Å². The van der Waals surface area contributed by atoms with Gasteiger partial charge >= 0.3 is 0 Å². The van der Waals surface area contributed by atoms with Crippen LogP contribution in [-0.2, 0) is 7.05 Å². The zero-order valence-corrected chi connectivity index (χ0v) is 14.9. The maximum absolute atomic E-state index is 13.2. The average molecular weight is 385 g/mol. The summed E-state index contributed by atoms with van der Waals surface area (Å²) in [4.78, 5) is 21.6. The number of alkyl halides is 2. The molecule has 0 radical (unpaired) electrons. The largest absolute Gasteiger partial charge is 0.296 e. The quantitative estimate of drug-likeness (QED) is 0.569. The molecule has 0 spiro atoms. The molecule has 1 N–H and O–H groups in total. The summed E-state index contributed by atoms with van der Waals surface area (Å²) in [7, 11) is 1.67. The first-order valence-electron chi connectivity index (χ1n) is 7.97. The minimum absolute atomic E-state index is 0.0707. The number of carbonyl (C=O) groups is 1. The van der Waals surface area contributed by atoms with Crippen molar-refractivity contribution in [3.8, 4) is 11.3 Å². The SMILES string of the molecule is Cn1nccc1C(=O)Nc1nc2ccc(-c3ccccc3C(F)F)nc2s1. The lowest BCUT2D eigenvalue weighted by Crippen LogP contribution is -2.15. The molecule has 4 rings (SSSR count). The van der Waals surface area contributed by atoms with Gasteiger partial charge in [-0.25, -0.2) is 18.7 Å². The average Bonchev–Trinajstić information content (AvgIpc) is 3.26. The Labute approximate surface area is 156 Å². The fourth-order valence-corrected chi connectivity index (χ4v) is 3.53. The Morgan fingerprint density at radius 1 is 1.15 bits per heavy atom. The maximum atomic E-state index is 13.2. The topological polar surface area (TPSA) is 72.7 Å². The summed E-state index contributed by atoms with van der Waals surface area (Å²) in [6.07, 6.45) is -1.06. The molecule has 3 aromatic heterocycles. The zero-order valence-electron chi connectivity index (χ0n) is 14.1. The van der Waals surface area contributed by atoms with E-state index in [2.05, 4.69) is 20.4 Å². The number of carbonyl (C=O) groups excluding carboxylic acids is 1. The Hall–Kier alpha value is -3.20. The van der Waals surface area contributed by atoms with Gasteiger partial charge in [0.05, 0.1) is 5.69 Å². The Bertz CT molecular complexity index is 1140. The number of benzene rings is 1. The highest BCUT2D eigenvalue weighted by Crippen LogP contribution is 2.32. The van der Waals surface area contributed by atoms with Crippen molar-refractivity contribution in [2.75, 3.05) is 5.32 Å². The standard InChI is InChI=1S/C18H13F2N5OS/c1-25-14(8-9-21-25)16(26)24-18-23-13-7-6-12(22-17(13)27-18)10-4-2-3-5-11(10)15(19)20/h2-9,15H,1H3,(H,23,24,26). The first-order chi connectivity index (χ1) is 13.0. The lowest BCUT2D eigenvalue weighted by Gasteiger charge is -2.07. The molecule has 0 aliphatic heterocycles. The second-order valence-electron chi connectivity index (χ2n) is 5.72.